The highest BCUT2D eigenvalue weighted by atomic mass is 32.2. The highest BCUT2D eigenvalue weighted by Crippen LogP contribution is 2.39. The minimum atomic E-state index is -1.13. The molecule has 2 atom stereocenters. The van der Waals surface area contributed by atoms with Crippen molar-refractivity contribution in [1.29, 1.82) is 0 Å². The maximum absolute atomic E-state index is 12.7. The number of nitrogens with one attached hydrogen (secondary N) is 1. The van der Waals surface area contributed by atoms with Gasteiger partial charge in [-0.1, -0.05) is 42.5 Å². The van der Waals surface area contributed by atoms with Crippen molar-refractivity contribution < 1.29 is 18.8 Å². The highest BCUT2D eigenvalue weighted by Gasteiger charge is 2.42. The van der Waals surface area contributed by atoms with Gasteiger partial charge in [-0.3, -0.25) is 4.90 Å². The summed E-state index contributed by atoms with van der Waals surface area (Å²) < 4.78 is 26.8. The molecule has 8 heteroatoms. The molecule has 0 aromatic heterocycles. The number of para-hydroxylation sites is 1. The van der Waals surface area contributed by atoms with Crippen LogP contribution in [0.5, 0.6) is 5.75 Å². The molecule has 2 fully saturated rings. The molecule has 1 N–H and O–H groups in total. The molecule has 0 bridgehead atoms. The summed E-state index contributed by atoms with van der Waals surface area (Å²) in [6.45, 7) is 12.3. The van der Waals surface area contributed by atoms with Crippen LogP contribution in [0.15, 0.2) is 54.6 Å². The lowest BCUT2D eigenvalue weighted by Crippen LogP contribution is -2.58. The van der Waals surface area contributed by atoms with Crippen LogP contribution < -0.4 is 9.46 Å². The van der Waals surface area contributed by atoms with Gasteiger partial charge in [-0.25, -0.2) is 4.79 Å². The van der Waals surface area contributed by atoms with Crippen LogP contribution in [0.2, 0.25) is 0 Å². The zero-order valence-corrected chi connectivity index (χ0v) is 22.7. The summed E-state index contributed by atoms with van der Waals surface area (Å²) in [5, 5.41) is 0. The Hall–Kier alpha value is -2.10. The third kappa shape index (κ3) is 6.23. The summed E-state index contributed by atoms with van der Waals surface area (Å²) in [6, 6.07) is 17.9. The normalized spacial score (nSPS) is 20.5. The molecule has 2 aromatic rings. The van der Waals surface area contributed by atoms with Crippen molar-refractivity contribution in [3.63, 3.8) is 0 Å². The number of carbonyl (C=O) groups excluding carboxylic acids is 1. The van der Waals surface area contributed by atoms with Crippen LogP contribution in [0.3, 0.4) is 0 Å². The average Bonchev–Trinajstić information content (AvgIpc) is 2.89. The van der Waals surface area contributed by atoms with Crippen LogP contribution in [-0.2, 0) is 21.6 Å². The number of benzene rings is 2. The van der Waals surface area contributed by atoms with Gasteiger partial charge in [-0.15, -0.1) is 4.72 Å². The maximum Gasteiger partial charge on any atom is 0.415 e. The van der Waals surface area contributed by atoms with Crippen molar-refractivity contribution >= 4 is 17.5 Å². The number of ether oxygens (including phenoxy) is 2. The van der Waals surface area contributed by atoms with Crippen LogP contribution in [0.25, 0.3) is 0 Å². The van der Waals surface area contributed by atoms with Gasteiger partial charge < -0.3 is 18.9 Å². The van der Waals surface area contributed by atoms with Crippen molar-refractivity contribution in [2.24, 2.45) is 0 Å². The molecule has 0 spiro atoms. The first kappa shape index (κ1) is 26.9. The third-order valence-electron chi connectivity index (χ3n) is 7.20. The van der Waals surface area contributed by atoms with Gasteiger partial charge in [0.15, 0.2) is 0 Å². The lowest BCUT2D eigenvalue weighted by atomic mass is 9.80. The summed E-state index contributed by atoms with van der Waals surface area (Å²) in [5.41, 5.74) is 2.28. The fourth-order valence-corrected chi connectivity index (χ4v) is 5.77. The molecular weight excluding hydrogens is 474 g/mol. The van der Waals surface area contributed by atoms with Crippen molar-refractivity contribution in [1.82, 2.24) is 14.5 Å². The molecule has 2 aliphatic heterocycles. The second-order valence-corrected chi connectivity index (χ2v) is 12.6. The molecule has 0 saturated carbocycles. The smallest absolute Gasteiger partial charge is 0.415 e. The van der Waals surface area contributed by atoms with Crippen LogP contribution in [0.4, 0.5) is 4.79 Å². The number of hydrogen-bond acceptors (Lipinski definition) is 6. The third-order valence-corrected chi connectivity index (χ3v) is 8.88. The average molecular weight is 514 g/mol. The Labute approximate surface area is 218 Å². The highest BCUT2D eigenvalue weighted by molar-refractivity contribution is 7.90. The molecule has 7 nitrogen and oxygen atoms in total. The second kappa shape index (κ2) is 11.5. The Morgan fingerprint density at radius 3 is 2.22 bits per heavy atom. The fraction of sp³-hybridized carbons (Fsp3) is 0.536. The minimum absolute atomic E-state index is 0.0103. The number of amides is 1. The molecule has 0 aliphatic carbocycles. The molecule has 0 unspecified atom stereocenters. The zero-order chi connectivity index (χ0) is 25.8. The van der Waals surface area contributed by atoms with E-state index in [4.69, 9.17) is 9.47 Å². The first-order valence-electron chi connectivity index (χ1n) is 12.8. The Kier molecular flexibility index (Phi) is 8.63. The number of hydrogen-bond donors (Lipinski definition) is 1. The van der Waals surface area contributed by atoms with Crippen molar-refractivity contribution in [3.05, 3.63) is 65.7 Å². The van der Waals surface area contributed by atoms with Gasteiger partial charge in [0.25, 0.3) is 0 Å². The van der Waals surface area contributed by atoms with E-state index in [1.54, 1.807) is 17.0 Å². The Morgan fingerprint density at radius 1 is 1.03 bits per heavy atom. The number of nitrogens with zero attached hydrogens (tertiary/aromatic N) is 2. The Bertz CT molecular complexity index is 982. The minimum Gasteiger partial charge on any atom is -0.598 e. The second-order valence-electron chi connectivity index (χ2n) is 10.6. The van der Waals surface area contributed by atoms with Gasteiger partial charge in [0.1, 0.15) is 10.5 Å². The molecular formula is C28H39N3O4S. The van der Waals surface area contributed by atoms with Gasteiger partial charge in [-0.2, -0.15) is 0 Å². The van der Waals surface area contributed by atoms with Crippen LogP contribution in [0, 0.1) is 0 Å². The van der Waals surface area contributed by atoms with Crippen molar-refractivity contribution in [2.45, 2.75) is 56.9 Å². The standard InChI is InChI=1S/C28H39N3O4S/c1-22(29-36(33)27(2,3)4)23-10-12-24(13-11-23)28(14-20-34-21-15-28)31-18-16-30(17-19-31)26(32)35-25-8-6-5-7-9-25/h5-13,22,29H,14-21H2,1-4H3/t22-,36-/m0/s1. The quantitative estimate of drug-likeness (QED) is 0.568. The van der Waals surface area contributed by atoms with Gasteiger partial charge in [0, 0.05) is 50.8 Å². The zero-order valence-electron chi connectivity index (χ0n) is 21.9. The fourth-order valence-electron chi connectivity index (χ4n) is 4.95. The monoisotopic (exact) mass is 513 g/mol. The van der Waals surface area contributed by atoms with Gasteiger partial charge in [0.05, 0.1) is 11.6 Å². The first-order valence-corrected chi connectivity index (χ1v) is 14.0. The largest absolute Gasteiger partial charge is 0.598 e. The van der Waals surface area contributed by atoms with E-state index < -0.39 is 11.4 Å². The van der Waals surface area contributed by atoms with E-state index >= 15 is 0 Å². The number of piperazine rings is 1. The molecule has 1 amide bonds. The lowest BCUT2D eigenvalue weighted by molar-refractivity contribution is -0.0483. The molecule has 36 heavy (non-hydrogen) atoms. The van der Waals surface area contributed by atoms with E-state index in [1.165, 1.54) is 5.56 Å². The molecule has 2 saturated heterocycles. The van der Waals surface area contributed by atoms with Crippen molar-refractivity contribution in [2.75, 3.05) is 39.4 Å². The van der Waals surface area contributed by atoms with E-state index in [0.29, 0.717) is 18.8 Å². The summed E-state index contributed by atoms with van der Waals surface area (Å²) in [5.74, 6) is 0.570. The van der Waals surface area contributed by atoms with Crippen LogP contribution in [-0.4, -0.2) is 64.6 Å². The number of carbonyl (C=O) groups is 1. The number of rotatable bonds is 6. The summed E-state index contributed by atoms with van der Waals surface area (Å²) in [6.07, 6.45) is 1.55. The lowest BCUT2D eigenvalue weighted by Gasteiger charge is -2.49. The SMILES string of the molecule is C[C@H](N[S@@+]([O-])C(C)(C)C)c1ccc(C2(N3CCN(C(=O)Oc4ccccc4)CC3)CCOCC2)cc1. The topological polar surface area (TPSA) is 77.1 Å². The van der Waals surface area contributed by atoms with E-state index in [-0.39, 0.29) is 22.4 Å². The molecule has 2 heterocycles. The molecule has 4 rings (SSSR count). The summed E-state index contributed by atoms with van der Waals surface area (Å²) in [4.78, 5) is 17.0. The molecule has 196 valence electrons. The molecule has 2 aliphatic rings. The molecule has 0 radical (unpaired) electrons. The van der Waals surface area contributed by atoms with E-state index in [1.807, 2.05) is 39.0 Å². The van der Waals surface area contributed by atoms with Crippen LogP contribution in [0.1, 0.15) is 57.7 Å². The van der Waals surface area contributed by atoms with Crippen molar-refractivity contribution in [3.8, 4) is 5.75 Å². The van der Waals surface area contributed by atoms with E-state index in [0.717, 1.165) is 44.7 Å². The van der Waals surface area contributed by atoms with Gasteiger partial charge >= 0.3 is 6.09 Å². The molecule has 2 aromatic carbocycles. The first-order chi connectivity index (χ1) is 17.2. The van der Waals surface area contributed by atoms with E-state index in [9.17, 15) is 9.35 Å². The predicted octanol–water partition coefficient (Wildman–Crippen LogP) is 4.62. The van der Waals surface area contributed by atoms with E-state index in [2.05, 4.69) is 40.8 Å². The predicted molar refractivity (Wildman–Crippen MR) is 143 cm³/mol. The Morgan fingerprint density at radius 2 is 1.64 bits per heavy atom. The maximum atomic E-state index is 12.7. The summed E-state index contributed by atoms with van der Waals surface area (Å²) >= 11 is -1.13. The Balaban J connectivity index is 1.43. The van der Waals surface area contributed by atoms with Crippen LogP contribution >= 0.6 is 0 Å². The van der Waals surface area contributed by atoms with Gasteiger partial charge in [0.2, 0.25) is 0 Å². The van der Waals surface area contributed by atoms with Gasteiger partial charge in [-0.05, 0) is 63.8 Å². The summed E-state index contributed by atoms with van der Waals surface area (Å²) in [7, 11) is 0.